The van der Waals surface area contributed by atoms with Crippen LogP contribution in [0, 0.1) is 5.92 Å². The van der Waals surface area contributed by atoms with E-state index in [0.717, 1.165) is 0 Å². The molecular weight excluding hydrogens is 191 g/mol. The minimum absolute atomic E-state index is 0.116. The third-order valence-electron chi connectivity index (χ3n) is 2.95. The number of carbonyl (C=O) groups is 1. The van der Waals surface area contributed by atoms with Crippen LogP contribution in [0.1, 0.15) is 40.0 Å². The molecule has 0 spiro atoms. The van der Waals surface area contributed by atoms with Gasteiger partial charge in [0.25, 0.3) is 0 Å². The van der Waals surface area contributed by atoms with E-state index in [1.54, 1.807) is 0 Å². The predicted molar refractivity (Wildman–Crippen MR) is 51.8 cm³/mol. The maximum absolute atomic E-state index is 13.4. The van der Waals surface area contributed by atoms with Crippen LogP contribution in [0.2, 0.25) is 0 Å². The molecule has 0 heterocycles. The van der Waals surface area contributed by atoms with Crippen LogP contribution in [0.5, 0.6) is 0 Å². The summed E-state index contributed by atoms with van der Waals surface area (Å²) in [5.74, 6) is -0.178. The Morgan fingerprint density at radius 2 is 2.15 bits per heavy atom. The zero-order valence-corrected chi connectivity index (χ0v) is 9.12. The van der Waals surface area contributed by atoms with Gasteiger partial charge in [-0.05, 0) is 39.5 Å². The van der Waals surface area contributed by atoms with Crippen molar-refractivity contribution in [3.63, 3.8) is 0 Å². The fraction of sp³-hybridized carbons (Fsp3) is 0.900. The van der Waals surface area contributed by atoms with Crippen LogP contribution in [0.15, 0.2) is 0 Å². The second kappa shape index (κ2) is 3.23. The smallest absolute Gasteiger partial charge is 0.170 e. The lowest BCUT2D eigenvalue weighted by Crippen LogP contribution is -2.41. The third-order valence-corrected chi connectivity index (χ3v) is 3.25. The summed E-state index contributed by atoms with van der Waals surface area (Å²) in [6.07, 6.45) is 1.30. The van der Waals surface area contributed by atoms with Gasteiger partial charge in [-0.3, -0.25) is 4.79 Å². The van der Waals surface area contributed by atoms with Crippen molar-refractivity contribution >= 4 is 17.4 Å². The van der Waals surface area contributed by atoms with Gasteiger partial charge in [0.1, 0.15) is 0 Å². The zero-order chi connectivity index (χ0) is 10.3. The molecule has 1 aliphatic carbocycles. The Morgan fingerprint density at radius 3 is 2.54 bits per heavy atom. The van der Waals surface area contributed by atoms with E-state index in [-0.39, 0.29) is 18.1 Å². The van der Waals surface area contributed by atoms with Gasteiger partial charge in [0.15, 0.2) is 11.5 Å². The summed E-state index contributed by atoms with van der Waals surface area (Å²) in [6.45, 7) is 5.13. The van der Waals surface area contributed by atoms with E-state index in [0.29, 0.717) is 12.8 Å². The summed E-state index contributed by atoms with van der Waals surface area (Å²) in [4.78, 5) is 10.9. The molecule has 1 saturated carbocycles. The van der Waals surface area contributed by atoms with Gasteiger partial charge in [-0.15, -0.1) is 11.6 Å². The Labute approximate surface area is 83.6 Å². The molecule has 1 fully saturated rings. The van der Waals surface area contributed by atoms with Gasteiger partial charge in [0.2, 0.25) is 0 Å². The monoisotopic (exact) mass is 206 g/mol. The molecule has 0 bridgehead atoms. The topological polar surface area (TPSA) is 17.1 Å². The van der Waals surface area contributed by atoms with Gasteiger partial charge in [0.05, 0.1) is 0 Å². The molecule has 0 N–H and O–H groups in total. The second-order valence-electron chi connectivity index (χ2n) is 4.62. The van der Waals surface area contributed by atoms with Crippen molar-refractivity contribution in [2.75, 3.05) is 0 Å². The number of halogens is 2. The van der Waals surface area contributed by atoms with Gasteiger partial charge in [0, 0.05) is 11.3 Å². The highest BCUT2D eigenvalue weighted by atomic mass is 35.5. The van der Waals surface area contributed by atoms with Crippen molar-refractivity contribution in [1.82, 2.24) is 0 Å². The quantitative estimate of drug-likeness (QED) is 0.603. The maximum atomic E-state index is 13.4. The number of hydrogen-bond acceptors (Lipinski definition) is 1. The molecule has 76 valence electrons. The van der Waals surface area contributed by atoms with E-state index in [9.17, 15) is 9.18 Å². The van der Waals surface area contributed by atoms with Crippen LogP contribution in [-0.4, -0.2) is 16.3 Å². The van der Waals surface area contributed by atoms with E-state index in [2.05, 4.69) is 0 Å². The Morgan fingerprint density at radius 1 is 1.62 bits per heavy atom. The maximum Gasteiger partial charge on any atom is 0.170 e. The lowest BCUT2D eigenvalue weighted by atomic mass is 9.75. The van der Waals surface area contributed by atoms with E-state index in [1.165, 1.54) is 6.92 Å². The van der Waals surface area contributed by atoms with Crippen molar-refractivity contribution in [2.45, 2.75) is 50.6 Å². The summed E-state index contributed by atoms with van der Waals surface area (Å²) in [6, 6.07) is 0. The number of hydrogen-bond donors (Lipinski definition) is 0. The number of alkyl halides is 2. The molecule has 1 aliphatic rings. The normalized spacial score (nSPS) is 36.4. The van der Waals surface area contributed by atoms with Gasteiger partial charge >= 0.3 is 0 Å². The number of ketones is 1. The van der Waals surface area contributed by atoms with Gasteiger partial charge in [-0.2, -0.15) is 0 Å². The highest BCUT2D eigenvalue weighted by Gasteiger charge is 2.42. The van der Waals surface area contributed by atoms with Crippen LogP contribution in [0.3, 0.4) is 0 Å². The number of rotatable bonds is 1. The minimum Gasteiger partial charge on any atom is -0.296 e. The van der Waals surface area contributed by atoms with Crippen LogP contribution >= 0.6 is 11.6 Å². The average molecular weight is 207 g/mol. The lowest BCUT2D eigenvalue weighted by Gasteiger charge is -2.35. The molecule has 0 aromatic rings. The average Bonchev–Trinajstić information content (AvgIpc) is 1.92. The molecule has 3 heteroatoms. The molecule has 0 aromatic carbocycles. The molecule has 2 atom stereocenters. The molecular formula is C10H16ClFO. The van der Waals surface area contributed by atoms with E-state index >= 15 is 0 Å². The summed E-state index contributed by atoms with van der Waals surface area (Å²) in [7, 11) is 0. The Kier molecular flexibility index (Phi) is 2.73. The molecule has 13 heavy (non-hydrogen) atoms. The van der Waals surface area contributed by atoms with Crippen LogP contribution < -0.4 is 0 Å². The van der Waals surface area contributed by atoms with Crippen LogP contribution in [-0.2, 0) is 4.79 Å². The van der Waals surface area contributed by atoms with Gasteiger partial charge in [-0.1, -0.05) is 0 Å². The van der Waals surface area contributed by atoms with E-state index in [1.807, 2.05) is 13.8 Å². The third kappa shape index (κ3) is 2.43. The van der Waals surface area contributed by atoms with Crippen molar-refractivity contribution in [1.29, 1.82) is 0 Å². The van der Waals surface area contributed by atoms with Crippen molar-refractivity contribution < 1.29 is 9.18 Å². The van der Waals surface area contributed by atoms with E-state index in [4.69, 9.17) is 11.6 Å². The molecule has 1 rings (SSSR count). The largest absolute Gasteiger partial charge is 0.296 e. The molecule has 0 saturated heterocycles. The fourth-order valence-corrected chi connectivity index (χ4v) is 1.90. The Bertz CT molecular complexity index is 217. The predicted octanol–water partition coefficient (Wildman–Crippen LogP) is 3.10. The second-order valence-corrected chi connectivity index (χ2v) is 5.60. The van der Waals surface area contributed by atoms with Gasteiger partial charge in [-0.25, -0.2) is 4.39 Å². The van der Waals surface area contributed by atoms with Crippen molar-refractivity contribution in [3.05, 3.63) is 0 Å². The first kappa shape index (κ1) is 11.0. The highest BCUT2D eigenvalue weighted by Crippen LogP contribution is 2.39. The zero-order valence-electron chi connectivity index (χ0n) is 8.36. The first-order valence-corrected chi connectivity index (χ1v) is 5.02. The van der Waals surface area contributed by atoms with Crippen LogP contribution in [0.4, 0.5) is 4.39 Å². The summed E-state index contributed by atoms with van der Waals surface area (Å²) in [5, 5.41) is 0. The summed E-state index contributed by atoms with van der Waals surface area (Å²) < 4.78 is 13.4. The van der Waals surface area contributed by atoms with Gasteiger partial charge < -0.3 is 0 Å². The Hall–Kier alpha value is -0.110. The standard InChI is InChI=1S/C10H16ClFO/c1-9(2,11)7-4-5-10(3,12)8(13)6-7/h7H,4-6H2,1-3H3/t7-,10-/m0/s1. The summed E-state index contributed by atoms with van der Waals surface area (Å²) in [5.41, 5.74) is -1.61. The molecule has 0 aliphatic heterocycles. The fourth-order valence-electron chi connectivity index (χ4n) is 1.71. The molecule has 0 amide bonds. The molecule has 0 radical (unpaired) electrons. The molecule has 1 nitrogen and oxygen atoms in total. The minimum atomic E-state index is -1.61. The first-order chi connectivity index (χ1) is 5.73. The lowest BCUT2D eigenvalue weighted by molar-refractivity contribution is -0.134. The Balaban J connectivity index is 2.67. The van der Waals surface area contributed by atoms with Crippen molar-refractivity contribution in [3.8, 4) is 0 Å². The number of carbonyl (C=O) groups excluding carboxylic acids is 1. The highest BCUT2D eigenvalue weighted by molar-refractivity contribution is 6.23. The summed E-state index contributed by atoms with van der Waals surface area (Å²) >= 11 is 6.10. The SMILES string of the molecule is CC(C)(Cl)[C@H]1CC[C@](C)(F)C(=O)C1. The molecule has 0 aromatic heterocycles. The van der Waals surface area contributed by atoms with Crippen LogP contribution in [0.25, 0.3) is 0 Å². The number of Topliss-reactive ketones (excluding diaryl/α,β-unsaturated/α-hetero) is 1. The van der Waals surface area contributed by atoms with Crippen molar-refractivity contribution in [2.24, 2.45) is 5.92 Å². The molecule has 0 unspecified atom stereocenters. The first-order valence-electron chi connectivity index (χ1n) is 4.64. The van der Waals surface area contributed by atoms with E-state index < -0.39 is 10.5 Å².